The lowest BCUT2D eigenvalue weighted by atomic mass is 9.87. The Morgan fingerprint density at radius 3 is 2.79 bits per heavy atom. The smallest absolute Gasteiger partial charge is 0.115 e. The van der Waals surface area contributed by atoms with Crippen LogP contribution in [0.3, 0.4) is 0 Å². The first-order valence-corrected chi connectivity index (χ1v) is 6.78. The van der Waals surface area contributed by atoms with E-state index in [1.54, 1.807) is 6.07 Å². The molecule has 0 spiro atoms. The minimum Gasteiger partial charge on any atom is -0.508 e. The van der Waals surface area contributed by atoms with Crippen LogP contribution in [0, 0.1) is 13.8 Å². The predicted molar refractivity (Wildman–Crippen MR) is 77.6 cm³/mol. The molecule has 3 rings (SSSR count). The van der Waals surface area contributed by atoms with E-state index in [0.29, 0.717) is 5.75 Å². The molecule has 2 N–H and O–H groups in total. The Balaban J connectivity index is 2.11. The molecule has 1 unspecified atom stereocenters. The highest BCUT2D eigenvalue weighted by molar-refractivity contribution is 5.46. The zero-order valence-electron chi connectivity index (χ0n) is 11.4. The van der Waals surface area contributed by atoms with Crippen molar-refractivity contribution in [2.45, 2.75) is 26.3 Å². The highest BCUT2D eigenvalue weighted by atomic mass is 16.3. The number of rotatable bonds is 1. The van der Waals surface area contributed by atoms with Gasteiger partial charge in [0, 0.05) is 6.54 Å². The fourth-order valence-corrected chi connectivity index (χ4v) is 2.92. The molecular formula is C17H19NO. The van der Waals surface area contributed by atoms with Gasteiger partial charge in [0.05, 0.1) is 6.04 Å². The topological polar surface area (TPSA) is 32.3 Å². The van der Waals surface area contributed by atoms with Crippen LogP contribution in [0.15, 0.2) is 36.4 Å². The first kappa shape index (κ1) is 12.2. The van der Waals surface area contributed by atoms with E-state index in [0.717, 1.165) is 13.0 Å². The first-order valence-electron chi connectivity index (χ1n) is 6.78. The molecule has 2 heteroatoms. The fourth-order valence-electron chi connectivity index (χ4n) is 2.92. The van der Waals surface area contributed by atoms with Gasteiger partial charge in [0.1, 0.15) is 5.75 Å². The Hall–Kier alpha value is -1.80. The summed E-state index contributed by atoms with van der Waals surface area (Å²) in [5.41, 5.74) is 6.56. The first-order chi connectivity index (χ1) is 9.16. The lowest BCUT2D eigenvalue weighted by molar-refractivity contribution is 0.471. The molecule has 2 nitrogen and oxygen atoms in total. The van der Waals surface area contributed by atoms with Crippen LogP contribution < -0.4 is 5.32 Å². The summed E-state index contributed by atoms with van der Waals surface area (Å²) in [6.07, 6.45) is 0.977. The van der Waals surface area contributed by atoms with Crippen LogP contribution in [0.2, 0.25) is 0 Å². The molecule has 0 saturated carbocycles. The zero-order valence-corrected chi connectivity index (χ0v) is 11.4. The summed E-state index contributed by atoms with van der Waals surface area (Å²) in [5, 5.41) is 13.2. The second-order valence-corrected chi connectivity index (χ2v) is 5.31. The molecule has 1 heterocycles. The number of fused-ring (bicyclic) bond motifs is 1. The van der Waals surface area contributed by atoms with Crippen molar-refractivity contribution in [2.75, 3.05) is 6.54 Å². The van der Waals surface area contributed by atoms with Crippen LogP contribution in [0.5, 0.6) is 5.75 Å². The van der Waals surface area contributed by atoms with E-state index in [1.165, 1.54) is 27.8 Å². The van der Waals surface area contributed by atoms with Gasteiger partial charge in [-0.3, -0.25) is 0 Å². The summed E-state index contributed by atoms with van der Waals surface area (Å²) in [6, 6.07) is 12.4. The minimum atomic E-state index is 0.240. The van der Waals surface area contributed by atoms with E-state index < -0.39 is 0 Å². The third kappa shape index (κ3) is 2.13. The fraction of sp³-hybridized carbons (Fsp3) is 0.294. The predicted octanol–water partition coefficient (Wildman–Crippen LogP) is 3.24. The van der Waals surface area contributed by atoms with Gasteiger partial charge < -0.3 is 10.4 Å². The van der Waals surface area contributed by atoms with Gasteiger partial charge in [-0.2, -0.15) is 0 Å². The van der Waals surface area contributed by atoms with E-state index >= 15 is 0 Å². The van der Waals surface area contributed by atoms with Crippen LogP contribution in [0.25, 0.3) is 0 Å². The van der Waals surface area contributed by atoms with Crippen LogP contribution in [-0.4, -0.2) is 11.7 Å². The van der Waals surface area contributed by atoms with Crippen LogP contribution in [-0.2, 0) is 6.42 Å². The maximum atomic E-state index is 9.62. The molecule has 0 radical (unpaired) electrons. The van der Waals surface area contributed by atoms with Crippen molar-refractivity contribution in [2.24, 2.45) is 0 Å². The Kier molecular flexibility index (Phi) is 3.03. The summed E-state index contributed by atoms with van der Waals surface area (Å²) >= 11 is 0. The van der Waals surface area contributed by atoms with Crippen LogP contribution in [0.1, 0.15) is 33.9 Å². The molecule has 0 fully saturated rings. The highest BCUT2D eigenvalue weighted by Gasteiger charge is 2.22. The monoisotopic (exact) mass is 253 g/mol. The zero-order chi connectivity index (χ0) is 13.4. The molecule has 2 aromatic carbocycles. The molecule has 0 bridgehead atoms. The molecule has 2 aromatic rings. The van der Waals surface area contributed by atoms with Crippen molar-refractivity contribution in [3.05, 3.63) is 64.2 Å². The lowest BCUT2D eigenvalue weighted by Gasteiger charge is -2.29. The van der Waals surface area contributed by atoms with Crippen LogP contribution in [0.4, 0.5) is 0 Å². The van der Waals surface area contributed by atoms with Gasteiger partial charge in [-0.05, 0) is 60.2 Å². The Morgan fingerprint density at radius 1 is 1.11 bits per heavy atom. The average molecular weight is 253 g/mol. The molecule has 0 amide bonds. The van der Waals surface area contributed by atoms with Gasteiger partial charge in [0.15, 0.2) is 0 Å². The summed E-state index contributed by atoms with van der Waals surface area (Å²) < 4.78 is 0. The summed E-state index contributed by atoms with van der Waals surface area (Å²) in [5.74, 6) is 0.361. The number of benzene rings is 2. The van der Waals surface area contributed by atoms with Gasteiger partial charge in [0.2, 0.25) is 0 Å². The highest BCUT2D eigenvalue weighted by Crippen LogP contribution is 2.32. The summed E-state index contributed by atoms with van der Waals surface area (Å²) in [4.78, 5) is 0. The quantitative estimate of drug-likeness (QED) is 0.817. The number of nitrogens with one attached hydrogen (secondary N) is 1. The molecule has 0 aliphatic carbocycles. The maximum Gasteiger partial charge on any atom is 0.115 e. The van der Waals surface area contributed by atoms with Gasteiger partial charge >= 0.3 is 0 Å². The number of phenols is 1. The third-order valence-electron chi connectivity index (χ3n) is 4.14. The van der Waals surface area contributed by atoms with Gasteiger partial charge in [-0.25, -0.2) is 0 Å². The van der Waals surface area contributed by atoms with Crippen molar-refractivity contribution in [3.63, 3.8) is 0 Å². The summed E-state index contributed by atoms with van der Waals surface area (Å²) in [6.45, 7) is 5.29. The number of hydrogen-bond acceptors (Lipinski definition) is 2. The molecule has 1 aliphatic heterocycles. The normalized spacial score (nSPS) is 18.1. The van der Waals surface area contributed by atoms with Gasteiger partial charge in [-0.15, -0.1) is 0 Å². The minimum absolute atomic E-state index is 0.240. The SMILES string of the molecule is Cc1cccc(C2NCCc3cc(O)ccc32)c1C. The van der Waals surface area contributed by atoms with Crippen LogP contribution >= 0.6 is 0 Å². The number of hydrogen-bond donors (Lipinski definition) is 2. The van der Waals surface area contributed by atoms with E-state index in [1.807, 2.05) is 12.1 Å². The van der Waals surface area contributed by atoms with E-state index in [2.05, 4.69) is 37.4 Å². The van der Waals surface area contributed by atoms with Gasteiger partial charge in [0.25, 0.3) is 0 Å². The second kappa shape index (κ2) is 4.71. The molecular weight excluding hydrogens is 234 g/mol. The number of aromatic hydroxyl groups is 1. The second-order valence-electron chi connectivity index (χ2n) is 5.31. The Labute approximate surface area is 114 Å². The summed E-state index contributed by atoms with van der Waals surface area (Å²) in [7, 11) is 0. The molecule has 19 heavy (non-hydrogen) atoms. The molecule has 98 valence electrons. The Bertz CT molecular complexity index is 619. The van der Waals surface area contributed by atoms with Crippen molar-refractivity contribution in [1.29, 1.82) is 0 Å². The standard InChI is InChI=1S/C17H19NO/c1-11-4-3-5-15(12(11)2)17-16-7-6-14(19)10-13(16)8-9-18-17/h3-7,10,17-19H,8-9H2,1-2H3. The van der Waals surface area contributed by atoms with E-state index in [9.17, 15) is 5.11 Å². The Morgan fingerprint density at radius 2 is 1.95 bits per heavy atom. The molecule has 0 saturated heterocycles. The lowest BCUT2D eigenvalue weighted by Crippen LogP contribution is -2.31. The maximum absolute atomic E-state index is 9.62. The van der Waals surface area contributed by atoms with Gasteiger partial charge in [-0.1, -0.05) is 24.3 Å². The largest absolute Gasteiger partial charge is 0.508 e. The van der Waals surface area contributed by atoms with Crippen molar-refractivity contribution in [1.82, 2.24) is 5.32 Å². The third-order valence-corrected chi connectivity index (χ3v) is 4.14. The molecule has 1 atom stereocenters. The number of phenolic OH excluding ortho intramolecular Hbond substituents is 1. The number of aryl methyl sites for hydroxylation is 1. The van der Waals surface area contributed by atoms with E-state index in [4.69, 9.17) is 0 Å². The van der Waals surface area contributed by atoms with Crippen molar-refractivity contribution < 1.29 is 5.11 Å². The average Bonchev–Trinajstić information content (AvgIpc) is 2.41. The van der Waals surface area contributed by atoms with Crippen molar-refractivity contribution >= 4 is 0 Å². The van der Waals surface area contributed by atoms with Crippen molar-refractivity contribution in [3.8, 4) is 5.75 Å². The molecule has 1 aliphatic rings. The molecule has 0 aromatic heterocycles. The van der Waals surface area contributed by atoms with E-state index in [-0.39, 0.29) is 6.04 Å².